The van der Waals surface area contributed by atoms with Crippen molar-refractivity contribution in [2.24, 2.45) is 0 Å². The Morgan fingerprint density at radius 1 is 1.50 bits per heavy atom. The fraction of sp³-hybridized carbons (Fsp3) is 0.900. The lowest BCUT2D eigenvalue weighted by molar-refractivity contribution is -0.125. The largest absolute Gasteiger partial charge is 0.303 e. The zero-order chi connectivity index (χ0) is 12.4. The van der Waals surface area contributed by atoms with Crippen LogP contribution in [0.15, 0.2) is 0 Å². The van der Waals surface area contributed by atoms with Crippen molar-refractivity contribution in [1.82, 2.24) is 10.0 Å². The fourth-order valence-corrected chi connectivity index (χ4v) is 2.50. The molecule has 1 atom stereocenters. The molecule has 1 amide bonds. The molecule has 0 aromatic heterocycles. The van der Waals surface area contributed by atoms with E-state index in [-0.39, 0.29) is 0 Å². The smallest absolute Gasteiger partial charge is 0.253 e. The lowest BCUT2D eigenvalue weighted by Crippen LogP contribution is -2.55. The molecule has 2 N–H and O–H groups in total. The molecule has 6 heteroatoms. The predicted octanol–water partition coefficient (Wildman–Crippen LogP) is 0.373. The summed E-state index contributed by atoms with van der Waals surface area (Å²) in [7, 11) is -3.52. The topological polar surface area (TPSA) is 75.3 Å². The van der Waals surface area contributed by atoms with Crippen molar-refractivity contribution < 1.29 is 13.2 Å². The third kappa shape index (κ3) is 2.55. The van der Waals surface area contributed by atoms with E-state index >= 15 is 0 Å². The van der Waals surface area contributed by atoms with Gasteiger partial charge in [0.25, 0.3) is 5.91 Å². The van der Waals surface area contributed by atoms with E-state index in [1.54, 1.807) is 13.8 Å². The van der Waals surface area contributed by atoms with Crippen LogP contribution in [0, 0.1) is 0 Å². The van der Waals surface area contributed by atoms with Gasteiger partial charge in [-0.2, -0.15) is 0 Å². The third-order valence-corrected chi connectivity index (χ3v) is 4.85. The van der Waals surface area contributed by atoms with Crippen LogP contribution in [0.5, 0.6) is 0 Å². The van der Waals surface area contributed by atoms with Crippen molar-refractivity contribution in [2.45, 2.75) is 50.8 Å². The summed E-state index contributed by atoms with van der Waals surface area (Å²) >= 11 is 0. The molecule has 0 saturated carbocycles. The highest BCUT2D eigenvalue weighted by molar-refractivity contribution is 7.90. The normalized spacial score (nSPS) is 26.0. The molecule has 1 aliphatic heterocycles. The molecule has 94 valence electrons. The number of carbonyl (C=O) groups is 1. The third-order valence-electron chi connectivity index (χ3n) is 3.14. The maximum absolute atomic E-state index is 12.0. The van der Waals surface area contributed by atoms with Gasteiger partial charge in [0.05, 0.1) is 10.8 Å². The highest BCUT2D eigenvalue weighted by Gasteiger charge is 2.41. The van der Waals surface area contributed by atoms with Gasteiger partial charge in [0.2, 0.25) is 10.0 Å². The standard InChI is InChI=1S/C10H20N2O3S/c1-4-10(6-5-7-11-10)9(13)12-16(14,15)8(2)3/h8,11H,4-7H2,1-3H3,(H,12,13). The Kier molecular flexibility index (Phi) is 3.96. The van der Waals surface area contributed by atoms with E-state index in [2.05, 4.69) is 10.0 Å². The lowest BCUT2D eigenvalue weighted by Gasteiger charge is -2.26. The Morgan fingerprint density at radius 2 is 2.12 bits per heavy atom. The van der Waals surface area contributed by atoms with Crippen molar-refractivity contribution in [3.63, 3.8) is 0 Å². The molecule has 1 aliphatic rings. The SMILES string of the molecule is CCC1(C(=O)NS(=O)(=O)C(C)C)CCCN1. The van der Waals surface area contributed by atoms with E-state index in [9.17, 15) is 13.2 Å². The number of amides is 1. The lowest BCUT2D eigenvalue weighted by atomic mass is 9.94. The molecule has 5 nitrogen and oxygen atoms in total. The molecule has 0 aliphatic carbocycles. The molecule has 16 heavy (non-hydrogen) atoms. The minimum atomic E-state index is -3.52. The van der Waals surface area contributed by atoms with Crippen LogP contribution in [-0.4, -0.2) is 31.7 Å². The Morgan fingerprint density at radius 3 is 2.50 bits per heavy atom. The first-order valence-corrected chi connectivity index (χ1v) is 7.20. The minimum absolute atomic E-state index is 0.416. The van der Waals surface area contributed by atoms with E-state index in [0.29, 0.717) is 12.8 Å². The van der Waals surface area contributed by atoms with Gasteiger partial charge in [-0.05, 0) is 39.7 Å². The van der Waals surface area contributed by atoms with Crippen LogP contribution >= 0.6 is 0 Å². The van der Waals surface area contributed by atoms with Gasteiger partial charge < -0.3 is 5.32 Å². The summed E-state index contributed by atoms with van der Waals surface area (Å²) in [4.78, 5) is 12.0. The fourth-order valence-electron chi connectivity index (χ4n) is 1.81. The highest BCUT2D eigenvalue weighted by Crippen LogP contribution is 2.23. The summed E-state index contributed by atoms with van der Waals surface area (Å²) in [6, 6.07) is 0. The van der Waals surface area contributed by atoms with Crippen molar-refractivity contribution in [3.05, 3.63) is 0 Å². The van der Waals surface area contributed by atoms with Crippen LogP contribution in [-0.2, 0) is 14.8 Å². The minimum Gasteiger partial charge on any atom is -0.303 e. The molecular formula is C10H20N2O3S. The van der Waals surface area contributed by atoms with Gasteiger partial charge in [0.1, 0.15) is 0 Å². The Hall–Kier alpha value is -0.620. The van der Waals surface area contributed by atoms with Crippen LogP contribution in [0.1, 0.15) is 40.0 Å². The van der Waals surface area contributed by atoms with Gasteiger partial charge in [-0.25, -0.2) is 8.42 Å². The summed E-state index contributed by atoms with van der Waals surface area (Å²) in [5.41, 5.74) is -0.692. The van der Waals surface area contributed by atoms with Crippen LogP contribution in [0.3, 0.4) is 0 Å². The van der Waals surface area contributed by atoms with E-state index < -0.39 is 26.7 Å². The Bertz CT molecular complexity index is 356. The zero-order valence-corrected chi connectivity index (χ0v) is 10.9. The van der Waals surface area contributed by atoms with Crippen molar-refractivity contribution >= 4 is 15.9 Å². The predicted molar refractivity (Wildman–Crippen MR) is 62.5 cm³/mol. The van der Waals surface area contributed by atoms with Gasteiger partial charge in [0, 0.05) is 0 Å². The summed E-state index contributed by atoms with van der Waals surface area (Å²) in [6.45, 7) is 5.76. The monoisotopic (exact) mass is 248 g/mol. The second kappa shape index (κ2) is 4.71. The summed E-state index contributed by atoms with van der Waals surface area (Å²) in [5.74, 6) is -0.416. The van der Waals surface area contributed by atoms with Crippen LogP contribution in [0.4, 0.5) is 0 Å². The molecule has 0 bridgehead atoms. The van der Waals surface area contributed by atoms with Crippen LogP contribution < -0.4 is 10.0 Å². The second-order valence-corrected chi connectivity index (χ2v) is 6.73. The van der Waals surface area contributed by atoms with Crippen LogP contribution in [0.2, 0.25) is 0 Å². The molecule has 1 unspecified atom stereocenters. The van der Waals surface area contributed by atoms with Crippen molar-refractivity contribution in [1.29, 1.82) is 0 Å². The molecule has 0 spiro atoms. The number of carbonyl (C=O) groups excluding carboxylic acids is 1. The van der Waals surface area contributed by atoms with Crippen molar-refractivity contribution in [2.75, 3.05) is 6.54 Å². The molecule has 0 aromatic rings. The first kappa shape index (κ1) is 13.4. The van der Waals surface area contributed by atoms with Crippen LogP contribution in [0.25, 0.3) is 0 Å². The van der Waals surface area contributed by atoms with E-state index in [1.807, 2.05) is 6.92 Å². The van der Waals surface area contributed by atoms with E-state index in [1.165, 1.54) is 0 Å². The summed E-state index contributed by atoms with van der Waals surface area (Å²) < 4.78 is 25.4. The summed E-state index contributed by atoms with van der Waals surface area (Å²) in [5, 5.41) is 2.51. The van der Waals surface area contributed by atoms with Gasteiger partial charge in [-0.3, -0.25) is 9.52 Å². The average molecular weight is 248 g/mol. The molecule has 1 rings (SSSR count). The molecule has 0 radical (unpaired) electrons. The van der Waals surface area contributed by atoms with Gasteiger partial charge in [-0.15, -0.1) is 0 Å². The second-order valence-electron chi connectivity index (χ2n) is 4.49. The molecule has 1 saturated heterocycles. The quantitative estimate of drug-likeness (QED) is 0.754. The Balaban J connectivity index is 2.79. The summed E-state index contributed by atoms with van der Waals surface area (Å²) in [6.07, 6.45) is 2.21. The molecular weight excluding hydrogens is 228 g/mol. The number of rotatable bonds is 4. The first-order chi connectivity index (χ1) is 7.34. The van der Waals surface area contributed by atoms with Gasteiger partial charge in [-0.1, -0.05) is 6.92 Å². The first-order valence-electron chi connectivity index (χ1n) is 5.65. The number of nitrogens with one attached hydrogen (secondary N) is 2. The number of hydrogen-bond donors (Lipinski definition) is 2. The molecule has 1 fully saturated rings. The Labute approximate surface area is 97.0 Å². The van der Waals surface area contributed by atoms with E-state index in [4.69, 9.17) is 0 Å². The van der Waals surface area contributed by atoms with E-state index in [0.717, 1.165) is 13.0 Å². The zero-order valence-electron chi connectivity index (χ0n) is 10.0. The molecule has 0 aromatic carbocycles. The molecule has 1 heterocycles. The van der Waals surface area contributed by atoms with Gasteiger partial charge >= 0.3 is 0 Å². The highest BCUT2D eigenvalue weighted by atomic mass is 32.2. The van der Waals surface area contributed by atoms with Gasteiger partial charge in [0.15, 0.2) is 0 Å². The number of hydrogen-bond acceptors (Lipinski definition) is 4. The van der Waals surface area contributed by atoms with Crippen molar-refractivity contribution in [3.8, 4) is 0 Å². The average Bonchev–Trinajstić information content (AvgIpc) is 2.66. The maximum Gasteiger partial charge on any atom is 0.253 e. The maximum atomic E-state index is 12.0. The number of sulfonamides is 1.